The SMILES string of the molecule is CC(C)n1cc(C#Cc2cccc(CC(=O)Nc3ccccc3C(F)(F)F)c2)c2c(N)ncnc21. The highest BCUT2D eigenvalue weighted by molar-refractivity contribution is 5.93. The fraction of sp³-hybridized carbons (Fsp3) is 0.192. The lowest BCUT2D eigenvalue weighted by Gasteiger charge is -2.13. The van der Waals surface area contributed by atoms with Crippen LogP contribution in [0, 0.1) is 11.8 Å². The largest absolute Gasteiger partial charge is 0.418 e. The van der Waals surface area contributed by atoms with E-state index in [9.17, 15) is 18.0 Å². The number of aromatic nitrogens is 3. The zero-order chi connectivity index (χ0) is 25.2. The minimum absolute atomic E-state index is 0.102. The summed E-state index contributed by atoms with van der Waals surface area (Å²) in [7, 11) is 0. The van der Waals surface area contributed by atoms with Crippen LogP contribution in [0.25, 0.3) is 11.0 Å². The zero-order valence-corrected chi connectivity index (χ0v) is 19.0. The van der Waals surface area contributed by atoms with Crippen molar-refractivity contribution in [2.75, 3.05) is 11.1 Å². The van der Waals surface area contributed by atoms with E-state index in [1.165, 1.54) is 24.5 Å². The summed E-state index contributed by atoms with van der Waals surface area (Å²) in [6.07, 6.45) is -1.38. The molecule has 6 nitrogen and oxygen atoms in total. The molecule has 0 saturated carbocycles. The van der Waals surface area contributed by atoms with Crippen LogP contribution >= 0.6 is 0 Å². The number of rotatable bonds is 4. The molecule has 0 saturated heterocycles. The molecular weight excluding hydrogens is 455 g/mol. The molecule has 0 bridgehead atoms. The quantitative estimate of drug-likeness (QED) is 0.396. The van der Waals surface area contributed by atoms with Gasteiger partial charge in [-0.2, -0.15) is 13.2 Å². The van der Waals surface area contributed by atoms with Gasteiger partial charge in [0.1, 0.15) is 17.8 Å². The van der Waals surface area contributed by atoms with Gasteiger partial charge in [-0.15, -0.1) is 0 Å². The van der Waals surface area contributed by atoms with Gasteiger partial charge in [-0.1, -0.05) is 36.1 Å². The Morgan fingerprint density at radius 2 is 1.89 bits per heavy atom. The molecule has 0 radical (unpaired) electrons. The molecule has 0 atom stereocenters. The summed E-state index contributed by atoms with van der Waals surface area (Å²) < 4.78 is 41.5. The van der Waals surface area contributed by atoms with Gasteiger partial charge in [-0.25, -0.2) is 9.97 Å². The topological polar surface area (TPSA) is 85.8 Å². The van der Waals surface area contributed by atoms with Crippen molar-refractivity contribution in [1.82, 2.24) is 14.5 Å². The molecular formula is C26H22F3N5O. The van der Waals surface area contributed by atoms with E-state index >= 15 is 0 Å². The Labute approximate surface area is 200 Å². The number of nitrogens with zero attached hydrogens (tertiary/aromatic N) is 3. The van der Waals surface area contributed by atoms with E-state index in [0.29, 0.717) is 33.5 Å². The summed E-state index contributed by atoms with van der Waals surface area (Å²) in [6, 6.07) is 12.0. The number of nitrogen functional groups attached to an aromatic ring is 1. The number of amides is 1. The van der Waals surface area contributed by atoms with Crippen molar-refractivity contribution in [1.29, 1.82) is 0 Å². The first-order chi connectivity index (χ1) is 16.6. The van der Waals surface area contributed by atoms with Gasteiger partial charge in [0, 0.05) is 17.8 Å². The van der Waals surface area contributed by atoms with Crippen molar-refractivity contribution in [3.63, 3.8) is 0 Å². The molecule has 4 rings (SSSR count). The molecule has 0 aliphatic heterocycles. The highest BCUT2D eigenvalue weighted by atomic mass is 19.4. The summed E-state index contributed by atoms with van der Waals surface area (Å²) in [5.74, 6) is 5.96. The van der Waals surface area contributed by atoms with Crippen LogP contribution in [0.3, 0.4) is 0 Å². The standard InChI is InChI=1S/C26H22F3N5O/c1-16(2)34-14-19(23-24(30)31-15-32-25(23)34)11-10-17-6-5-7-18(12-17)13-22(35)33-21-9-4-3-8-20(21)26(27,28)29/h3-9,12,14-16H,13H2,1-2H3,(H,33,35)(H2,30,31,32). The average molecular weight is 477 g/mol. The van der Waals surface area contributed by atoms with Crippen LogP contribution in [-0.2, 0) is 17.4 Å². The highest BCUT2D eigenvalue weighted by Crippen LogP contribution is 2.34. The molecule has 1 amide bonds. The number of hydrogen-bond acceptors (Lipinski definition) is 4. The molecule has 2 heterocycles. The van der Waals surface area contributed by atoms with Gasteiger partial charge in [0.25, 0.3) is 0 Å². The van der Waals surface area contributed by atoms with Crippen LogP contribution in [0.4, 0.5) is 24.7 Å². The maximum Gasteiger partial charge on any atom is 0.418 e. The lowest BCUT2D eigenvalue weighted by molar-refractivity contribution is -0.137. The molecule has 0 fully saturated rings. The first-order valence-electron chi connectivity index (χ1n) is 10.8. The Morgan fingerprint density at radius 3 is 2.63 bits per heavy atom. The number of halogens is 3. The van der Waals surface area contributed by atoms with Crippen LogP contribution in [0.2, 0.25) is 0 Å². The minimum Gasteiger partial charge on any atom is -0.383 e. The van der Waals surface area contributed by atoms with Crippen molar-refractivity contribution >= 4 is 28.4 Å². The van der Waals surface area contributed by atoms with Crippen LogP contribution in [0.1, 0.15) is 42.1 Å². The van der Waals surface area contributed by atoms with E-state index < -0.39 is 17.6 Å². The molecule has 0 aliphatic carbocycles. The van der Waals surface area contributed by atoms with Crippen molar-refractivity contribution in [3.8, 4) is 11.8 Å². The normalized spacial score (nSPS) is 11.4. The number of hydrogen-bond donors (Lipinski definition) is 2. The Hall–Kier alpha value is -4.32. The number of alkyl halides is 3. The second-order valence-corrected chi connectivity index (χ2v) is 8.22. The van der Waals surface area contributed by atoms with Crippen molar-refractivity contribution in [3.05, 3.63) is 83.3 Å². The predicted octanol–water partition coefficient (Wildman–Crippen LogP) is 5.19. The number of benzene rings is 2. The van der Waals surface area contributed by atoms with E-state index in [1.54, 1.807) is 24.3 Å². The van der Waals surface area contributed by atoms with Crippen LogP contribution in [0.15, 0.2) is 61.1 Å². The third-order valence-electron chi connectivity index (χ3n) is 5.33. The summed E-state index contributed by atoms with van der Waals surface area (Å²) in [5.41, 5.74) is 7.54. The van der Waals surface area contributed by atoms with Gasteiger partial charge in [-0.05, 0) is 43.7 Å². The second-order valence-electron chi connectivity index (χ2n) is 8.22. The minimum atomic E-state index is -4.56. The smallest absolute Gasteiger partial charge is 0.383 e. The lowest BCUT2D eigenvalue weighted by atomic mass is 10.1. The molecule has 35 heavy (non-hydrogen) atoms. The van der Waals surface area contributed by atoms with Crippen LogP contribution in [-0.4, -0.2) is 20.4 Å². The summed E-state index contributed by atoms with van der Waals surface area (Å²) >= 11 is 0. The van der Waals surface area contributed by atoms with E-state index in [4.69, 9.17) is 5.73 Å². The van der Waals surface area contributed by atoms with Gasteiger partial charge in [-0.3, -0.25) is 4.79 Å². The molecule has 4 aromatic rings. The number of para-hydroxylation sites is 1. The van der Waals surface area contributed by atoms with E-state index in [0.717, 1.165) is 6.07 Å². The molecule has 0 spiro atoms. The molecule has 2 aromatic heterocycles. The number of fused-ring (bicyclic) bond motifs is 1. The second kappa shape index (κ2) is 9.50. The fourth-order valence-electron chi connectivity index (χ4n) is 3.71. The Bertz CT molecular complexity index is 1460. The number of nitrogens with one attached hydrogen (secondary N) is 1. The van der Waals surface area contributed by atoms with Crippen molar-refractivity contribution < 1.29 is 18.0 Å². The maximum absolute atomic E-state index is 13.2. The molecule has 3 N–H and O–H groups in total. The number of nitrogens with two attached hydrogens (primary N) is 1. The highest BCUT2D eigenvalue weighted by Gasteiger charge is 2.33. The van der Waals surface area contributed by atoms with Crippen molar-refractivity contribution in [2.45, 2.75) is 32.5 Å². The Balaban J connectivity index is 1.56. The Kier molecular flexibility index (Phi) is 6.47. The number of anilines is 2. The van der Waals surface area contributed by atoms with Crippen LogP contribution < -0.4 is 11.1 Å². The number of carbonyl (C=O) groups excluding carboxylic acids is 1. The summed E-state index contributed by atoms with van der Waals surface area (Å²) in [5, 5.41) is 3.03. The van der Waals surface area contributed by atoms with Crippen LogP contribution in [0.5, 0.6) is 0 Å². The van der Waals surface area contributed by atoms with Gasteiger partial charge in [0.2, 0.25) is 5.91 Å². The van der Waals surface area contributed by atoms with E-state index in [1.807, 2.05) is 24.6 Å². The van der Waals surface area contributed by atoms with Gasteiger partial charge >= 0.3 is 6.18 Å². The lowest BCUT2D eigenvalue weighted by Crippen LogP contribution is -2.18. The third kappa shape index (κ3) is 5.27. The summed E-state index contributed by atoms with van der Waals surface area (Å²) in [6.45, 7) is 4.05. The fourth-order valence-corrected chi connectivity index (χ4v) is 3.71. The predicted molar refractivity (Wildman–Crippen MR) is 129 cm³/mol. The zero-order valence-electron chi connectivity index (χ0n) is 19.0. The third-order valence-corrected chi connectivity index (χ3v) is 5.33. The first-order valence-corrected chi connectivity index (χ1v) is 10.8. The summed E-state index contributed by atoms with van der Waals surface area (Å²) in [4.78, 5) is 20.9. The molecule has 9 heteroatoms. The Morgan fingerprint density at radius 1 is 1.11 bits per heavy atom. The maximum atomic E-state index is 13.2. The van der Waals surface area contributed by atoms with Gasteiger partial charge in [0.05, 0.1) is 28.6 Å². The molecule has 0 aliphatic rings. The first kappa shape index (κ1) is 23.8. The molecule has 0 unspecified atom stereocenters. The molecule has 178 valence electrons. The average Bonchev–Trinajstić information content (AvgIpc) is 3.18. The number of carbonyl (C=O) groups is 1. The molecule has 2 aromatic carbocycles. The van der Waals surface area contributed by atoms with Crippen molar-refractivity contribution in [2.24, 2.45) is 0 Å². The van der Waals surface area contributed by atoms with Gasteiger partial charge in [0.15, 0.2) is 0 Å². The van der Waals surface area contributed by atoms with Gasteiger partial charge < -0.3 is 15.6 Å². The van der Waals surface area contributed by atoms with E-state index in [2.05, 4.69) is 27.1 Å². The monoisotopic (exact) mass is 477 g/mol. The van der Waals surface area contributed by atoms with E-state index in [-0.39, 0.29) is 18.2 Å².